The lowest BCUT2D eigenvalue weighted by Gasteiger charge is -2.18. The first-order valence-corrected chi connectivity index (χ1v) is 12.6. The average Bonchev–Trinajstić information content (AvgIpc) is 3.34. The molecule has 0 radical (unpaired) electrons. The summed E-state index contributed by atoms with van der Waals surface area (Å²) in [6.07, 6.45) is 4.66. The summed E-state index contributed by atoms with van der Waals surface area (Å²) in [7, 11) is 0. The second-order valence-electron chi connectivity index (χ2n) is 7.17. The molecule has 0 saturated carbocycles. The van der Waals surface area contributed by atoms with Crippen molar-refractivity contribution in [1.29, 1.82) is 0 Å². The Morgan fingerprint density at radius 2 is 1.10 bits per heavy atom. The van der Waals surface area contributed by atoms with Gasteiger partial charge in [-0.2, -0.15) is 23.5 Å². The van der Waals surface area contributed by atoms with Crippen molar-refractivity contribution >= 4 is 35.3 Å². The van der Waals surface area contributed by atoms with Gasteiger partial charge < -0.3 is 9.47 Å². The molecule has 6 heteroatoms. The molecule has 152 valence electrons. The highest BCUT2D eigenvalue weighted by atomic mass is 32.2. The van der Waals surface area contributed by atoms with Gasteiger partial charge in [-0.1, -0.05) is 60.7 Å². The summed E-state index contributed by atoms with van der Waals surface area (Å²) in [6.45, 7) is 0. The number of ether oxygens (including phenoxy) is 2. The molecule has 0 fully saturated rings. The van der Waals surface area contributed by atoms with Crippen LogP contribution in [-0.4, -0.2) is 47.9 Å². The fourth-order valence-electron chi connectivity index (χ4n) is 3.78. The Hall–Kier alpha value is -1.92. The molecule has 29 heavy (non-hydrogen) atoms. The van der Waals surface area contributed by atoms with E-state index >= 15 is 0 Å². The SMILES string of the molecule is CSC[C@@H]1N=C(CC2=N[C@@H](CSC)[C@H](c3ccccc3)O2)O[C@H]1c1ccccc1. The number of thioether (sulfide) groups is 2. The fraction of sp³-hybridized carbons (Fsp3) is 0.391. The van der Waals surface area contributed by atoms with Crippen molar-refractivity contribution in [2.45, 2.75) is 30.7 Å². The number of benzene rings is 2. The van der Waals surface area contributed by atoms with Gasteiger partial charge in [-0.05, 0) is 23.6 Å². The van der Waals surface area contributed by atoms with E-state index in [2.05, 4.69) is 61.0 Å². The van der Waals surface area contributed by atoms with Crippen molar-refractivity contribution in [3.8, 4) is 0 Å². The van der Waals surface area contributed by atoms with E-state index in [0.29, 0.717) is 6.42 Å². The number of rotatable bonds is 8. The van der Waals surface area contributed by atoms with Crippen molar-refractivity contribution < 1.29 is 9.47 Å². The predicted octanol–water partition coefficient (Wildman–Crippen LogP) is 5.18. The van der Waals surface area contributed by atoms with E-state index in [1.807, 2.05) is 12.1 Å². The minimum Gasteiger partial charge on any atom is -0.470 e. The van der Waals surface area contributed by atoms with Gasteiger partial charge >= 0.3 is 0 Å². The van der Waals surface area contributed by atoms with Crippen LogP contribution in [0, 0.1) is 0 Å². The topological polar surface area (TPSA) is 43.2 Å². The van der Waals surface area contributed by atoms with E-state index in [4.69, 9.17) is 19.5 Å². The molecule has 4 atom stereocenters. The summed E-state index contributed by atoms with van der Waals surface area (Å²) in [6, 6.07) is 20.9. The summed E-state index contributed by atoms with van der Waals surface area (Å²) in [4.78, 5) is 9.75. The second-order valence-corrected chi connectivity index (χ2v) is 8.99. The van der Waals surface area contributed by atoms with Gasteiger partial charge in [0, 0.05) is 11.5 Å². The van der Waals surface area contributed by atoms with Gasteiger partial charge in [0.1, 0.15) is 24.3 Å². The van der Waals surface area contributed by atoms with Crippen LogP contribution in [0.5, 0.6) is 0 Å². The number of nitrogens with zero attached hydrogens (tertiary/aromatic N) is 2. The largest absolute Gasteiger partial charge is 0.470 e. The van der Waals surface area contributed by atoms with Crippen LogP contribution in [0.3, 0.4) is 0 Å². The normalized spacial score (nSPS) is 25.9. The van der Waals surface area contributed by atoms with Gasteiger partial charge in [-0.15, -0.1) is 0 Å². The Morgan fingerprint density at radius 1 is 0.690 bits per heavy atom. The van der Waals surface area contributed by atoms with E-state index in [9.17, 15) is 0 Å². The molecule has 0 N–H and O–H groups in total. The lowest BCUT2D eigenvalue weighted by atomic mass is 10.0. The van der Waals surface area contributed by atoms with Crippen molar-refractivity contribution in [3.05, 3.63) is 71.8 Å². The predicted molar refractivity (Wildman–Crippen MR) is 124 cm³/mol. The maximum atomic E-state index is 6.28. The third-order valence-electron chi connectivity index (χ3n) is 5.08. The Bertz CT molecular complexity index is 786. The highest BCUT2D eigenvalue weighted by Gasteiger charge is 2.36. The average molecular weight is 427 g/mol. The summed E-state index contributed by atoms with van der Waals surface area (Å²) >= 11 is 3.59. The first kappa shape index (κ1) is 20.4. The highest BCUT2D eigenvalue weighted by Crippen LogP contribution is 2.35. The van der Waals surface area contributed by atoms with Gasteiger partial charge in [0.05, 0.1) is 6.42 Å². The molecular weight excluding hydrogens is 400 g/mol. The Kier molecular flexibility index (Phi) is 6.82. The van der Waals surface area contributed by atoms with Crippen LogP contribution in [0.25, 0.3) is 0 Å². The molecule has 2 aliphatic heterocycles. The molecule has 2 aliphatic rings. The lowest BCUT2D eigenvalue weighted by Crippen LogP contribution is -2.17. The molecule has 0 saturated heterocycles. The maximum absolute atomic E-state index is 6.28. The van der Waals surface area contributed by atoms with Crippen LogP contribution in [-0.2, 0) is 9.47 Å². The monoisotopic (exact) mass is 426 g/mol. The van der Waals surface area contributed by atoms with Gasteiger partial charge in [0.15, 0.2) is 11.8 Å². The second kappa shape index (κ2) is 9.72. The van der Waals surface area contributed by atoms with E-state index in [-0.39, 0.29) is 24.3 Å². The van der Waals surface area contributed by atoms with Gasteiger partial charge in [-0.3, -0.25) is 0 Å². The molecule has 0 amide bonds. The lowest BCUT2D eigenvalue weighted by molar-refractivity contribution is 0.189. The van der Waals surface area contributed by atoms with Crippen LogP contribution >= 0.6 is 23.5 Å². The van der Waals surface area contributed by atoms with E-state index < -0.39 is 0 Å². The summed E-state index contributed by atoms with van der Waals surface area (Å²) < 4.78 is 12.6. The molecular formula is C23H26N2O2S2. The van der Waals surface area contributed by atoms with Crippen LogP contribution in [0.2, 0.25) is 0 Å². The molecule has 4 rings (SSSR count). The molecule has 2 heterocycles. The zero-order valence-electron chi connectivity index (χ0n) is 16.7. The van der Waals surface area contributed by atoms with Gasteiger partial charge in [0.2, 0.25) is 0 Å². The van der Waals surface area contributed by atoms with Gasteiger partial charge in [0.25, 0.3) is 0 Å². The number of aliphatic imine (C=N–C) groups is 2. The van der Waals surface area contributed by atoms with Crippen LogP contribution < -0.4 is 0 Å². The van der Waals surface area contributed by atoms with Crippen molar-refractivity contribution in [3.63, 3.8) is 0 Å². The molecule has 0 unspecified atom stereocenters. The summed E-state index contributed by atoms with van der Waals surface area (Å²) in [5.74, 6) is 3.32. The summed E-state index contributed by atoms with van der Waals surface area (Å²) in [5.41, 5.74) is 2.34. The smallest absolute Gasteiger partial charge is 0.193 e. The maximum Gasteiger partial charge on any atom is 0.193 e. The number of hydrogen-bond acceptors (Lipinski definition) is 6. The zero-order chi connectivity index (χ0) is 20.1. The molecule has 0 bridgehead atoms. The molecule has 0 aliphatic carbocycles. The van der Waals surface area contributed by atoms with Crippen molar-refractivity contribution in [1.82, 2.24) is 0 Å². The van der Waals surface area contributed by atoms with Crippen molar-refractivity contribution in [2.24, 2.45) is 9.98 Å². The Labute approximate surface area is 181 Å². The zero-order valence-corrected chi connectivity index (χ0v) is 18.4. The molecule has 4 nitrogen and oxygen atoms in total. The summed E-state index contributed by atoms with van der Waals surface area (Å²) in [5, 5.41) is 0. The Balaban J connectivity index is 1.48. The van der Waals surface area contributed by atoms with E-state index in [1.165, 1.54) is 11.1 Å². The van der Waals surface area contributed by atoms with Gasteiger partial charge in [-0.25, -0.2) is 9.98 Å². The molecule has 0 spiro atoms. The fourth-order valence-corrected chi connectivity index (χ4v) is 4.96. The first-order valence-electron chi connectivity index (χ1n) is 9.83. The minimum absolute atomic E-state index is 0.0347. The van der Waals surface area contributed by atoms with Crippen LogP contribution in [0.1, 0.15) is 29.8 Å². The highest BCUT2D eigenvalue weighted by molar-refractivity contribution is 7.98. The molecule has 2 aromatic rings. The van der Waals surface area contributed by atoms with E-state index in [0.717, 1.165) is 23.3 Å². The van der Waals surface area contributed by atoms with E-state index in [1.54, 1.807) is 23.5 Å². The third-order valence-corrected chi connectivity index (χ3v) is 6.43. The molecule has 0 aromatic heterocycles. The minimum atomic E-state index is -0.0347. The molecule has 2 aromatic carbocycles. The third kappa shape index (κ3) is 4.81. The number of hydrogen-bond donors (Lipinski definition) is 0. The first-order chi connectivity index (χ1) is 14.3. The standard InChI is InChI=1S/C23H26N2O2S2/c1-28-14-18-22(16-9-5-3-6-10-16)26-20(24-18)13-21-25-19(15-29-2)23(27-21)17-11-7-4-8-12-17/h3-12,18-19,22-23H,13-15H2,1-2H3/t18-,19-,22-,23-/m0/s1. The van der Waals surface area contributed by atoms with Crippen LogP contribution in [0.4, 0.5) is 0 Å². The quantitative estimate of drug-likeness (QED) is 0.583. The Morgan fingerprint density at radius 3 is 1.48 bits per heavy atom. The van der Waals surface area contributed by atoms with Crippen LogP contribution in [0.15, 0.2) is 70.6 Å². The van der Waals surface area contributed by atoms with Crippen molar-refractivity contribution in [2.75, 3.05) is 24.0 Å².